The van der Waals surface area contributed by atoms with Gasteiger partial charge in [0.05, 0.1) is 22.8 Å². The monoisotopic (exact) mass is 371 g/mol. The summed E-state index contributed by atoms with van der Waals surface area (Å²) in [6, 6.07) is 5.49. The van der Waals surface area contributed by atoms with Gasteiger partial charge >= 0.3 is 0 Å². The lowest BCUT2D eigenvalue weighted by atomic mass is 10.3. The Balaban J connectivity index is 2.36. The number of hydrogen-bond donors (Lipinski definition) is 1. The van der Waals surface area contributed by atoms with Gasteiger partial charge < -0.3 is 9.72 Å². The van der Waals surface area contributed by atoms with E-state index >= 15 is 0 Å². The lowest BCUT2D eigenvalue weighted by Gasteiger charge is -2.07. The first kappa shape index (κ1) is 14.2. The van der Waals surface area contributed by atoms with Crippen molar-refractivity contribution in [2.24, 2.45) is 0 Å². The van der Waals surface area contributed by atoms with Crippen LogP contribution in [0.1, 0.15) is 0 Å². The Morgan fingerprint density at radius 1 is 1.29 bits per heavy atom. The van der Waals surface area contributed by atoms with Gasteiger partial charge in [-0.3, -0.25) is 4.57 Å². The Labute approximate surface area is 131 Å². The van der Waals surface area contributed by atoms with E-state index in [1.165, 1.54) is 17.7 Å². The second-order valence-corrected chi connectivity index (χ2v) is 5.45. The summed E-state index contributed by atoms with van der Waals surface area (Å²) < 4.78 is 34.3. The van der Waals surface area contributed by atoms with Crippen molar-refractivity contribution in [1.82, 2.24) is 14.5 Å². The highest BCUT2D eigenvalue weighted by Crippen LogP contribution is 2.26. The van der Waals surface area contributed by atoms with Gasteiger partial charge in [-0.2, -0.15) is 4.98 Å². The number of fused-ring (bicyclic) bond motifs is 1. The molecule has 0 aliphatic rings. The number of aromatic amines is 1. The van der Waals surface area contributed by atoms with Crippen molar-refractivity contribution in [3.8, 4) is 11.6 Å². The van der Waals surface area contributed by atoms with Gasteiger partial charge in [-0.05, 0) is 40.3 Å². The maximum Gasteiger partial charge on any atom is 0.215 e. The van der Waals surface area contributed by atoms with Crippen LogP contribution in [-0.2, 0) is 0 Å². The molecule has 0 saturated carbocycles. The molecule has 0 aliphatic heterocycles. The molecular weight excluding hydrogens is 364 g/mol. The van der Waals surface area contributed by atoms with Gasteiger partial charge in [0.2, 0.25) is 5.88 Å². The minimum Gasteiger partial charge on any atom is -0.481 e. The summed E-state index contributed by atoms with van der Waals surface area (Å²) in [4.78, 5) is 7.17. The standard InChI is InChI=1S/C13H8BrF2N3OS/c1-20-11-3-2-9-12(18-11)19(13(21)17-9)10-4-6(14)7(15)5-8(10)16/h2-5H,1H3,(H,17,21). The molecule has 0 spiro atoms. The number of nitrogens with zero attached hydrogens (tertiary/aromatic N) is 2. The number of imidazole rings is 1. The lowest BCUT2D eigenvalue weighted by molar-refractivity contribution is 0.399. The number of aromatic nitrogens is 3. The minimum atomic E-state index is -0.739. The Morgan fingerprint density at radius 2 is 2.05 bits per heavy atom. The van der Waals surface area contributed by atoms with Crippen LogP contribution in [0, 0.1) is 16.4 Å². The van der Waals surface area contributed by atoms with Crippen LogP contribution < -0.4 is 4.74 Å². The van der Waals surface area contributed by atoms with Crippen molar-refractivity contribution < 1.29 is 13.5 Å². The second kappa shape index (κ2) is 5.19. The van der Waals surface area contributed by atoms with Crippen LogP contribution >= 0.6 is 28.1 Å². The maximum atomic E-state index is 14.1. The molecule has 4 nitrogen and oxygen atoms in total. The third-order valence-electron chi connectivity index (χ3n) is 2.95. The summed E-state index contributed by atoms with van der Waals surface area (Å²) >= 11 is 8.24. The minimum absolute atomic E-state index is 0.0975. The van der Waals surface area contributed by atoms with Crippen LogP contribution in [0.25, 0.3) is 16.9 Å². The fourth-order valence-electron chi connectivity index (χ4n) is 1.99. The average Bonchev–Trinajstić information content (AvgIpc) is 2.78. The zero-order valence-corrected chi connectivity index (χ0v) is 13.1. The number of pyridine rings is 1. The molecule has 3 aromatic rings. The first-order valence-corrected chi connectivity index (χ1v) is 7.02. The SMILES string of the molecule is COc1ccc2[nH]c(=S)n(-c3cc(Br)c(F)cc3F)c2n1. The first-order chi connectivity index (χ1) is 10.0. The molecule has 0 fully saturated rings. The number of nitrogens with one attached hydrogen (secondary N) is 1. The summed E-state index contributed by atoms with van der Waals surface area (Å²) in [5.74, 6) is -1.06. The Morgan fingerprint density at radius 3 is 2.76 bits per heavy atom. The van der Waals surface area contributed by atoms with Crippen molar-refractivity contribution in [2.75, 3.05) is 7.11 Å². The van der Waals surface area contributed by atoms with Crippen LogP contribution in [0.5, 0.6) is 5.88 Å². The van der Waals surface area contributed by atoms with Crippen LogP contribution in [0.15, 0.2) is 28.7 Å². The molecule has 0 atom stereocenters. The molecule has 1 aromatic carbocycles. The van der Waals surface area contributed by atoms with E-state index < -0.39 is 11.6 Å². The topological polar surface area (TPSA) is 42.8 Å². The number of halogens is 3. The second-order valence-electron chi connectivity index (χ2n) is 4.21. The molecule has 0 amide bonds. The van der Waals surface area contributed by atoms with E-state index in [0.29, 0.717) is 17.0 Å². The zero-order chi connectivity index (χ0) is 15.1. The van der Waals surface area contributed by atoms with E-state index in [-0.39, 0.29) is 14.9 Å². The largest absolute Gasteiger partial charge is 0.481 e. The van der Waals surface area contributed by atoms with E-state index in [1.54, 1.807) is 12.1 Å². The van der Waals surface area contributed by atoms with E-state index in [4.69, 9.17) is 17.0 Å². The smallest absolute Gasteiger partial charge is 0.215 e. The maximum absolute atomic E-state index is 14.1. The Kier molecular flexibility index (Phi) is 3.50. The van der Waals surface area contributed by atoms with Crippen molar-refractivity contribution in [3.63, 3.8) is 0 Å². The third kappa shape index (κ3) is 2.34. The van der Waals surface area contributed by atoms with Crippen LogP contribution in [-0.4, -0.2) is 21.6 Å². The van der Waals surface area contributed by atoms with E-state index in [2.05, 4.69) is 25.9 Å². The van der Waals surface area contributed by atoms with Gasteiger partial charge in [-0.25, -0.2) is 8.78 Å². The molecule has 3 rings (SSSR count). The summed E-state index contributed by atoms with van der Waals surface area (Å²) in [6.07, 6.45) is 0. The van der Waals surface area contributed by atoms with Crippen LogP contribution in [0.4, 0.5) is 8.78 Å². The molecule has 108 valence electrons. The van der Waals surface area contributed by atoms with E-state index in [1.807, 2.05) is 0 Å². The number of methoxy groups -OCH3 is 1. The van der Waals surface area contributed by atoms with Crippen molar-refractivity contribution in [3.05, 3.63) is 45.1 Å². The number of benzene rings is 1. The highest BCUT2D eigenvalue weighted by atomic mass is 79.9. The van der Waals surface area contributed by atoms with Crippen LogP contribution in [0.2, 0.25) is 0 Å². The van der Waals surface area contributed by atoms with E-state index in [0.717, 1.165) is 6.07 Å². The zero-order valence-electron chi connectivity index (χ0n) is 10.7. The highest BCUT2D eigenvalue weighted by Gasteiger charge is 2.15. The fraction of sp³-hybridized carbons (Fsp3) is 0.0769. The molecule has 0 saturated heterocycles. The van der Waals surface area contributed by atoms with Crippen molar-refractivity contribution >= 4 is 39.3 Å². The molecule has 1 N–H and O–H groups in total. The fourth-order valence-corrected chi connectivity index (χ4v) is 2.61. The van der Waals surface area contributed by atoms with Crippen molar-refractivity contribution in [2.45, 2.75) is 0 Å². The van der Waals surface area contributed by atoms with Gasteiger partial charge in [0.25, 0.3) is 0 Å². The van der Waals surface area contributed by atoms with Gasteiger partial charge in [-0.15, -0.1) is 0 Å². The number of hydrogen-bond acceptors (Lipinski definition) is 3. The summed E-state index contributed by atoms with van der Waals surface area (Å²) in [6.45, 7) is 0. The molecule has 0 unspecified atom stereocenters. The predicted octanol–water partition coefficient (Wildman–Crippen LogP) is 4.13. The average molecular weight is 372 g/mol. The summed E-state index contributed by atoms with van der Waals surface area (Å²) in [7, 11) is 1.48. The molecule has 8 heteroatoms. The van der Waals surface area contributed by atoms with Gasteiger partial charge in [-0.1, -0.05) is 0 Å². The molecule has 2 heterocycles. The van der Waals surface area contributed by atoms with Gasteiger partial charge in [0.15, 0.2) is 10.4 Å². The van der Waals surface area contributed by atoms with E-state index in [9.17, 15) is 8.78 Å². The van der Waals surface area contributed by atoms with Gasteiger partial charge in [0.1, 0.15) is 11.6 Å². The summed E-state index contributed by atoms with van der Waals surface area (Å²) in [5, 5.41) is 0. The highest BCUT2D eigenvalue weighted by molar-refractivity contribution is 9.10. The number of H-pyrrole nitrogens is 1. The predicted molar refractivity (Wildman–Crippen MR) is 80.4 cm³/mol. The summed E-state index contributed by atoms with van der Waals surface area (Å²) in [5.41, 5.74) is 1.12. The third-order valence-corrected chi connectivity index (χ3v) is 3.84. The molecule has 0 radical (unpaired) electrons. The Hall–Kier alpha value is -1.80. The quantitative estimate of drug-likeness (QED) is 0.543. The Bertz CT molecular complexity index is 906. The first-order valence-electron chi connectivity index (χ1n) is 5.82. The number of ether oxygens (including phenoxy) is 1. The molecule has 21 heavy (non-hydrogen) atoms. The number of rotatable bonds is 2. The molecular formula is C13H8BrF2N3OS. The van der Waals surface area contributed by atoms with Crippen LogP contribution in [0.3, 0.4) is 0 Å². The molecule has 0 bridgehead atoms. The van der Waals surface area contributed by atoms with Crippen molar-refractivity contribution in [1.29, 1.82) is 0 Å². The molecule has 0 aliphatic carbocycles. The normalized spacial score (nSPS) is 11.0. The van der Waals surface area contributed by atoms with Gasteiger partial charge in [0, 0.05) is 12.1 Å². The molecule has 2 aromatic heterocycles. The lowest BCUT2D eigenvalue weighted by Crippen LogP contribution is -2.01.